The van der Waals surface area contributed by atoms with Gasteiger partial charge in [0.15, 0.2) is 0 Å². The molecule has 0 aliphatic rings. The van der Waals surface area contributed by atoms with Gasteiger partial charge >= 0.3 is 0 Å². The lowest BCUT2D eigenvalue weighted by atomic mass is 10.1. The predicted octanol–water partition coefficient (Wildman–Crippen LogP) is 3.44. The predicted molar refractivity (Wildman–Crippen MR) is 71.0 cm³/mol. The van der Waals surface area contributed by atoms with Crippen molar-refractivity contribution >= 4 is 33.4 Å². The lowest BCUT2D eigenvalue weighted by Gasteiger charge is -2.11. The van der Waals surface area contributed by atoms with Crippen molar-refractivity contribution in [2.24, 2.45) is 5.92 Å². The molecule has 0 bridgehead atoms. The quantitative estimate of drug-likeness (QED) is 0.830. The van der Waals surface area contributed by atoms with Crippen LogP contribution in [-0.2, 0) is 0 Å². The fourth-order valence-corrected chi connectivity index (χ4v) is 2.13. The Morgan fingerprint density at radius 2 is 2.19 bits per heavy atom. The third-order valence-electron chi connectivity index (χ3n) is 2.33. The van der Waals surface area contributed by atoms with Crippen LogP contribution in [0.1, 0.15) is 23.7 Å². The van der Waals surface area contributed by atoms with E-state index in [1.165, 1.54) is 0 Å². The highest BCUT2D eigenvalue weighted by Crippen LogP contribution is 2.15. The molecule has 0 saturated carbocycles. The lowest BCUT2D eigenvalue weighted by Crippen LogP contribution is -2.28. The normalized spacial score (nSPS) is 12.2. The molecule has 2 nitrogen and oxygen atoms in total. The monoisotopic (exact) mass is 303 g/mol. The minimum Gasteiger partial charge on any atom is -0.352 e. The molecule has 1 aromatic carbocycles. The van der Waals surface area contributed by atoms with E-state index in [0.717, 1.165) is 10.9 Å². The largest absolute Gasteiger partial charge is 0.352 e. The summed E-state index contributed by atoms with van der Waals surface area (Å²) < 4.78 is 0.817. The molecule has 1 unspecified atom stereocenters. The second kappa shape index (κ2) is 6.92. The number of carbonyl (C=O) groups excluding carboxylic acids is 1. The van der Waals surface area contributed by atoms with Crippen molar-refractivity contribution in [2.45, 2.75) is 13.3 Å². The molecular formula is C12H15BrClNO. The number of benzene rings is 1. The fraction of sp³-hybridized carbons (Fsp3) is 0.417. The van der Waals surface area contributed by atoms with E-state index in [1.54, 1.807) is 6.07 Å². The van der Waals surface area contributed by atoms with E-state index >= 15 is 0 Å². The Balaban J connectivity index is 2.50. The minimum absolute atomic E-state index is 0.0473. The van der Waals surface area contributed by atoms with Crippen LogP contribution in [0, 0.1) is 5.92 Å². The number of hydrogen-bond donors (Lipinski definition) is 1. The standard InChI is InChI=1S/C12H15BrClNO/c1-9(6-7-14)8-15-12(16)10-4-2-3-5-11(10)13/h2-5,9H,6-8H2,1H3,(H,15,16). The van der Waals surface area contributed by atoms with Gasteiger partial charge in [-0.3, -0.25) is 4.79 Å². The second-order valence-corrected chi connectivity index (χ2v) is 5.01. The molecule has 0 aromatic heterocycles. The van der Waals surface area contributed by atoms with Gasteiger partial charge in [-0.1, -0.05) is 19.1 Å². The van der Waals surface area contributed by atoms with E-state index in [9.17, 15) is 4.79 Å². The number of rotatable bonds is 5. The zero-order valence-corrected chi connectivity index (χ0v) is 11.5. The first-order valence-corrected chi connectivity index (χ1v) is 6.56. The molecule has 4 heteroatoms. The zero-order valence-electron chi connectivity index (χ0n) is 9.17. The third-order valence-corrected chi connectivity index (χ3v) is 3.24. The highest BCUT2D eigenvalue weighted by Gasteiger charge is 2.09. The first-order chi connectivity index (χ1) is 7.65. The van der Waals surface area contributed by atoms with Crippen molar-refractivity contribution in [1.29, 1.82) is 0 Å². The number of carbonyl (C=O) groups is 1. The SMILES string of the molecule is CC(CCCl)CNC(=O)c1ccccc1Br. The van der Waals surface area contributed by atoms with E-state index in [-0.39, 0.29) is 5.91 Å². The summed E-state index contributed by atoms with van der Waals surface area (Å²) in [6.45, 7) is 2.73. The molecule has 0 saturated heterocycles. The van der Waals surface area contributed by atoms with Gasteiger partial charge in [0.05, 0.1) is 5.56 Å². The molecule has 0 radical (unpaired) electrons. The molecule has 1 aromatic rings. The van der Waals surface area contributed by atoms with Crippen LogP contribution in [0.4, 0.5) is 0 Å². The average molecular weight is 305 g/mol. The lowest BCUT2D eigenvalue weighted by molar-refractivity contribution is 0.0947. The van der Waals surface area contributed by atoms with Crippen molar-refractivity contribution in [2.75, 3.05) is 12.4 Å². The Morgan fingerprint density at radius 3 is 2.81 bits per heavy atom. The summed E-state index contributed by atoms with van der Waals surface area (Å²) in [6, 6.07) is 7.39. The van der Waals surface area contributed by atoms with E-state index in [4.69, 9.17) is 11.6 Å². The Bertz CT molecular complexity index is 357. The van der Waals surface area contributed by atoms with Crippen LogP contribution in [0.25, 0.3) is 0 Å². The van der Waals surface area contributed by atoms with Crippen LogP contribution >= 0.6 is 27.5 Å². The molecule has 0 heterocycles. The van der Waals surface area contributed by atoms with Gasteiger partial charge in [0.25, 0.3) is 5.91 Å². The van der Waals surface area contributed by atoms with Gasteiger partial charge in [-0.05, 0) is 40.4 Å². The Morgan fingerprint density at radius 1 is 1.50 bits per heavy atom. The number of amides is 1. The fourth-order valence-electron chi connectivity index (χ4n) is 1.30. The average Bonchev–Trinajstić information content (AvgIpc) is 2.27. The summed E-state index contributed by atoms with van der Waals surface area (Å²) in [7, 11) is 0. The van der Waals surface area contributed by atoms with E-state index < -0.39 is 0 Å². The topological polar surface area (TPSA) is 29.1 Å². The van der Waals surface area contributed by atoms with Crippen molar-refractivity contribution < 1.29 is 4.79 Å². The summed E-state index contributed by atoms with van der Waals surface area (Å²) in [5, 5.41) is 2.90. The Hall–Kier alpha value is -0.540. The van der Waals surface area contributed by atoms with Crippen LogP contribution in [0.15, 0.2) is 28.7 Å². The molecule has 0 spiro atoms. The number of hydrogen-bond acceptors (Lipinski definition) is 1. The van der Waals surface area contributed by atoms with Gasteiger partial charge in [0.1, 0.15) is 0 Å². The van der Waals surface area contributed by atoms with E-state index in [1.807, 2.05) is 18.2 Å². The number of alkyl halides is 1. The number of nitrogens with one attached hydrogen (secondary N) is 1. The smallest absolute Gasteiger partial charge is 0.252 e. The highest BCUT2D eigenvalue weighted by molar-refractivity contribution is 9.10. The maximum atomic E-state index is 11.8. The van der Waals surface area contributed by atoms with Crippen LogP contribution in [-0.4, -0.2) is 18.3 Å². The Labute approximate surface area is 110 Å². The van der Waals surface area contributed by atoms with Crippen LogP contribution in [0.2, 0.25) is 0 Å². The molecule has 1 amide bonds. The molecule has 1 atom stereocenters. The molecule has 0 aliphatic heterocycles. The molecule has 16 heavy (non-hydrogen) atoms. The third kappa shape index (κ3) is 4.14. The molecule has 0 fully saturated rings. The van der Waals surface area contributed by atoms with Crippen LogP contribution in [0.5, 0.6) is 0 Å². The van der Waals surface area contributed by atoms with E-state index in [0.29, 0.717) is 23.9 Å². The van der Waals surface area contributed by atoms with Crippen molar-refractivity contribution in [3.8, 4) is 0 Å². The van der Waals surface area contributed by atoms with Gasteiger partial charge in [-0.25, -0.2) is 0 Å². The molecule has 0 aliphatic carbocycles. The van der Waals surface area contributed by atoms with Gasteiger partial charge in [0.2, 0.25) is 0 Å². The van der Waals surface area contributed by atoms with Gasteiger partial charge in [-0.2, -0.15) is 0 Å². The minimum atomic E-state index is -0.0473. The summed E-state index contributed by atoms with van der Waals surface area (Å²) >= 11 is 8.99. The van der Waals surface area contributed by atoms with Gasteiger partial charge in [-0.15, -0.1) is 11.6 Å². The molecule has 1 N–H and O–H groups in total. The molecular weight excluding hydrogens is 289 g/mol. The van der Waals surface area contributed by atoms with Crippen molar-refractivity contribution in [3.63, 3.8) is 0 Å². The first kappa shape index (κ1) is 13.5. The van der Waals surface area contributed by atoms with Crippen molar-refractivity contribution in [3.05, 3.63) is 34.3 Å². The van der Waals surface area contributed by atoms with E-state index in [2.05, 4.69) is 28.2 Å². The first-order valence-electron chi connectivity index (χ1n) is 5.24. The molecule has 88 valence electrons. The maximum Gasteiger partial charge on any atom is 0.252 e. The van der Waals surface area contributed by atoms with Gasteiger partial charge in [0, 0.05) is 16.9 Å². The zero-order chi connectivity index (χ0) is 12.0. The second-order valence-electron chi connectivity index (χ2n) is 3.77. The van der Waals surface area contributed by atoms with Crippen molar-refractivity contribution in [1.82, 2.24) is 5.32 Å². The summed E-state index contributed by atoms with van der Waals surface area (Å²) in [4.78, 5) is 11.8. The maximum absolute atomic E-state index is 11.8. The highest BCUT2D eigenvalue weighted by atomic mass is 79.9. The Kier molecular flexibility index (Phi) is 5.85. The summed E-state index contributed by atoms with van der Waals surface area (Å²) in [6.07, 6.45) is 0.914. The van der Waals surface area contributed by atoms with Gasteiger partial charge < -0.3 is 5.32 Å². The molecule has 1 rings (SSSR count). The summed E-state index contributed by atoms with van der Waals surface area (Å²) in [5.74, 6) is 0.990. The van der Waals surface area contributed by atoms with Crippen LogP contribution < -0.4 is 5.32 Å². The van der Waals surface area contributed by atoms with Crippen LogP contribution in [0.3, 0.4) is 0 Å². The number of halogens is 2. The summed E-state index contributed by atoms with van der Waals surface area (Å²) in [5.41, 5.74) is 0.667.